The van der Waals surface area contributed by atoms with E-state index in [-0.39, 0.29) is 0 Å². The van der Waals surface area contributed by atoms with Gasteiger partial charge in [0.25, 0.3) is 0 Å². The summed E-state index contributed by atoms with van der Waals surface area (Å²) in [6.07, 6.45) is -1.02. The lowest BCUT2D eigenvalue weighted by molar-refractivity contribution is 0.0605. The Kier molecular flexibility index (Phi) is 2.90. The zero-order valence-electron chi connectivity index (χ0n) is 6.85. The van der Waals surface area contributed by atoms with Crippen molar-refractivity contribution < 1.29 is 18.0 Å². The van der Waals surface area contributed by atoms with Crippen LogP contribution in [-0.2, 0) is 4.84 Å². The Morgan fingerprint density at radius 1 is 1.23 bits per heavy atom. The molecule has 5 heteroatoms. The van der Waals surface area contributed by atoms with Crippen LogP contribution in [0.15, 0.2) is 12.1 Å². The van der Waals surface area contributed by atoms with Gasteiger partial charge in [0.15, 0.2) is 11.6 Å². The fraction of sp³-hybridized carbons (Fsp3) is 0.250. The average molecular weight is 191 g/mol. The largest absolute Gasteiger partial charge is 0.297 e. The molecule has 0 aromatic heterocycles. The summed E-state index contributed by atoms with van der Waals surface area (Å²) in [5, 5.41) is 0. The van der Waals surface area contributed by atoms with Gasteiger partial charge in [0.05, 0.1) is 5.56 Å². The number of nitrogens with two attached hydrogens (primary N) is 1. The minimum absolute atomic E-state index is 0.498. The van der Waals surface area contributed by atoms with E-state index in [1.807, 2.05) is 0 Å². The van der Waals surface area contributed by atoms with Gasteiger partial charge in [0.1, 0.15) is 11.9 Å². The number of halogens is 3. The second-order valence-electron chi connectivity index (χ2n) is 2.54. The van der Waals surface area contributed by atoms with Gasteiger partial charge in [-0.3, -0.25) is 4.84 Å². The Labute approximate surface area is 73.1 Å². The van der Waals surface area contributed by atoms with E-state index in [4.69, 9.17) is 5.90 Å². The first-order chi connectivity index (χ1) is 6.07. The summed E-state index contributed by atoms with van der Waals surface area (Å²) in [5.74, 6) is 1.47. The molecule has 1 unspecified atom stereocenters. The zero-order chi connectivity index (χ0) is 10.0. The van der Waals surface area contributed by atoms with E-state index in [2.05, 4.69) is 4.84 Å². The lowest BCUT2D eigenvalue weighted by Gasteiger charge is -2.11. The van der Waals surface area contributed by atoms with Crippen molar-refractivity contribution in [3.63, 3.8) is 0 Å². The molecule has 2 N–H and O–H groups in total. The molecule has 2 nitrogen and oxygen atoms in total. The minimum Gasteiger partial charge on any atom is -0.297 e. The maximum absolute atomic E-state index is 12.9. The predicted octanol–water partition coefficient (Wildman–Crippen LogP) is 2.06. The first kappa shape index (κ1) is 10.0. The van der Waals surface area contributed by atoms with Crippen molar-refractivity contribution in [3.8, 4) is 0 Å². The number of rotatable bonds is 2. The molecule has 0 amide bonds. The fourth-order valence-electron chi connectivity index (χ4n) is 0.983. The highest BCUT2D eigenvalue weighted by molar-refractivity contribution is 5.22. The number of benzene rings is 1. The predicted molar refractivity (Wildman–Crippen MR) is 40.0 cm³/mol. The smallest absolute Gasteiger partial charge is 0.167 e. The summed E-state index contributed by atoms with van der Waals surface area (Å²) < 4.78 is 38.5. The Bertz CT molecular complexity index is 317. The van der Waals surface area contributed by atoms with Crippen LogP contribution >= 0.6 is 0 Å². The van der Waals surface area contributed by atoms with E-state index in [0.29, 0.717) is 6.07 Å². The third kappa shape index (κ3) is 1.81. The van der Waals surface area contributed by atoms with Crippen LogP contribution in [0.5, 0.6) is 0 Å². The van der Waals surface area contributed by atoms with Gasteiger partial charge < -0.3 is 0 Å². The van der Waals surface area contributed by atoms with Gasteiger partial charge in [-0.1, -0.05) is 0 Å². The van der Waals surface area contributed by atoms with Gasteiger partial charge in [0.2, 0.25) is 0 Å². The quantitative estimate of drug-likeness (QED) is 0.573. The fourth-order valence-corrected chi connectivity index (χ4v) is 0.983. The molecule has 0 fully saturated rings. The Balaban J connectivity index is 3.25. The third-order valence-corrected chi connectivity index (χ3v) is 1.69. The molecule has 0 aliphatic heterocycles. The average Bonchev–Trinajstić information content (AvgIpc) is 2.12. The topological polar surface area (TPSA) is 35.2 Å². The molecule has 1 aromatic rings. The molecule has 13 heavy (non-hydrogen) atoms. The lowest BCUT2D eigenvalue weighted by Crippen LogP contribution is -2.10. The summed E-state index contributed by atoms with van der Waals surface area (Å²) >= 11 is 0. The van der Waals surface area contributed by atoms with Crippen molar-refractivity contribution in [1.29, 1.82) is 0 Å². The van der Waals surface area contributed by atoms with Gasteiger partial charge in [-0.25, -0.2) is 19.1 Å². The molecule has 1 atom stereocenters. The highest BCUT2D eigenvalue weighted by Crippen LogP contribution is 2.23. The van der Waals surface area contributed by atoms with Crippen LogP contribution in [0, 0.1) is 17.5 Å². The summed E-state index contributed by atoms with van der Waals surface area (Å²) in [6, 6.07) is 1.53. The van der Waals surface area contributed by atoms with Crippen LogP contribution in [0.1, 0.15) is 18.6 Å². The monoisotopic (exact) mass is 191 g/mol. The summed E-state index contributed by atoms with van der Waals surface area (Å²) in [5.41, 5.74) is -0.498. The molecule has 0 bridgehead atoms. The van der Waals surface area contributed by atoms with E-state index in [0.717, 1.165) is 6.07 Å². The minimum atomic E-state index is -1.27. The van der Waals surface area contributed by atoms with E-state index >= 15 is 0 Å². The van der Waals surface area contributed by atoms with Crippen molar-refractivity contribution in [2.45, 2.75) is 13.0 Å². The third-order valence-electron chi connectivity index (χ3n) is 1.69. The first-order valence-electron chi connectivity index (χ1n) is 3.57. The van der Waals surface area contributed by atoms with Crippen LogP contribution in [0.3, 0.4) is 0 Å². The number of hydrogen-bond donors (Lipinski definition) is 1. The molecule has 0 aliphatic carbocycles. The summed E-state index contributed by atoms with van der Waals surface area (Å²) in [6.45, 7) is 1.32. The first-order valence-corrected chi connectivity index (χ1v) is 3.57. The molecular weight excluding hydrogens is 183 g/mol. The highest BCUT2D eigenvalue weighted by atomic mass is 19.2. The van der Waals surface area contributed by atoms with Crippen LogP contribution < -0.4 is 5.90 Å². The summed E-state index contributed by atoms with van der Waals surface area (Å²) in [7, 11) is 0. The van der Waals surface area contributed by atoms with Gasteiger partial charge in [0, 0.05) is 0 Å². The van der Waals surface area contributed by atoms with Crippen molar-refractivity contribution in [3.05, 3.63) is 35.1 Å². The van der Waals surface area contributed by atoms with Gasteiger partial charge in [-0.2, -0.15) is 0 Å². The molecule has 1 aromatic carbocycles. The van der Waals surface area contributed by atoms with Crippen LogP contribution in [0.25, 0.3) is 0 Å². The molecule has 0 radical (unpaired) electrons. The van der Waals surface area contributed by atoms with Crippen LogP contribution in [0.4, 0.5) is 13.2 Å². The Hall–Kier alpha value is -1.07. The second kappa shape index (κ2) is 3.76. The normalized spacial score (nSPS) is 13.0. The summed E-state index contributed by atoms with van der Waals surface area (Å²) in [4.78, 5) is 4.21. The molecule has 0 spiro atoms. The van der Waals surface area contributed by atoms with E-state index in [1.165, 1.54) is 6.92 Å². The molecule has 0 saturated heterocycles. The van der Waals surface area contributed by atoms with E-state index in [1.54, 1.807) is 0 Å². The maximum Gasteiger partial charge on any atom is 0.167 e. The number of hydrogen-bond acceptors (Lipinski definition) is 2. The van der Waals surface area contributed by atoms with Crippen molar-refractivity contribution in [2.24, 2.45) is 5.90 Å². The Morgan fingerprint density at radius 2 is 1.77 bits per heavy atom. The van der Waals surface area contributed by atoms with E-state index < -0.39 is 29.1 Å². The second-order valence-corrected chi connectivity index (χ2v) is 2.54. The molecule has 0 saturated carbocycles. The molecular formula is C8H8F3NO. The van der Waals surface area contributed by atoms with Gasteiger partial charge >= 0.3 is 0 Å². The van der Waals surface area contributed by atoms with Crippen LogP contribution in [0.2, 0.25) is 0 Å². The van der Waals surface area contributed by atoms with Gasteiger partial charge in [-0.15, -0.1) is 0 Å². The maximum atomic E-state index is 12.9. The zero-order valence-corrected chi connectivity index (χ0v) is 6.85. The Morgan fingerprint density at radius 3 is 2.31 bits per heavy atom. The van der Waals surface area contributed by atoms with E-state index in [9.17, 15) is 13.2 Å². The van der Waals surface area contributed by atoms with Crippen molar-refractivity contribution in [2.75, 3.05) is 0 Å². The lowest BCUT2D eigenvalue weighted by atomic mass is 10.1. The molecule has 0 aliphatic rings. The van der Waals surface area contributed by atoms with Gasteiger partial charge in [-0.05, 0) is 19.1 Å². The van der Waals surface area contributed by atoms with Crippen molar-refractivity contribution >= 4 is 0 Å². The molecule has 0 heterocycles. The standard InChI is InChI=1S/C8H8F3NO/c1-4(13-12)7-5(9)2-3-6(10)8(7)11/h2-4H,12H2,1H3. The van der Waals surface area contributed by atoms with Crippen molar-refractivity contribution in [1.82, 2.24) is 0 Å². The SMILES string of the molecule is CC(ON)c1c(F)ccc(F)c1F. The molecule has 1 rings (SSSR count). The highest BCUT2D eigenvalue weighted by Gasteiger charge is 2.19. The van der Waals surface area contributed by atoms with Crippen LogP contribution in [-0.4, -0.2) is 0 Å². The molecule has 72 valence electrons.